The maximum absolute atomic E-state index is 5.54. The van der Waals surface area contributed by atoms with Crippen molar-refractivity contribution in [1.82, 2.24) is 34.7 Å². The van der Waals surface area contributed by atoms with Crippen LogP contribution in [0.3, 0.4) is 0 Å². The number of nitrogens with one attached hydrogen (secondary N) is 1. The lowest BCUT2D eigenvalue weighted by molar-refractivity contribution is 0.174. The fraction of sp³-hybridized carbons (Fsp3) is 0.562. The highest BCUT2D eigenvalue weighted by molar-refractivity contribution is 7.80. The zero-order chi connectivity index (χ0) is 16.9. The Morgan fingerprint density at radius 3 is 2.50 bits per heavy atom. The van der Waals surface area contributed by atoms with Gasteiger partial charge in [-0.3, -0.25) is 14.3 Å². The molecule has 24 heavy (non-hydrogen) atoms. The topological polar surface area (TPSA) is 54.2 Å². The Morgan fingerprint density at radius 1 is 1.12 bits per heavy atom. The van der Waals surface area contributed by atoms with Crippen molar-refractivity contribution in [3.8, 4) is 0 Å². The Kier molecular flexibility index (Phi) is 5.47. The number of aromatic nitrogens is 4. The van der Waals surface area contributed by atoms with Crippen LogP contribution in [0.5, 0.6) is 0 Å². The van der Waals surface area contributed by atoms with Gasteiger partial charge in [-0.05, 0) is 19.1 Å². The van der Waals surface area contributed by atoms with E-state index in [2.05, 4.69) is 44.6 Å². The van der Waals surface area contributed by atoms with Gasteiger partial charge < -0.3 is 10.2 Å². The molecule has 0 atom stereocenters. The second kappa shape index (κ2) is 7.76. The number of hydrogen-bond acceptors (Lipinski definition) is 4. The molecule has 0 unspecified atom stereocenters. The molecule has 0 aromatic carbocycles. The van der Waals surface area contributed by atoms with Crippen LogP contribution in [-0.2, 0) is 26.7 Å². The summed E-state index contributed by atoms with van der Waals surface area (Å²) in [6.07, 6.45) is 7.97. The van der Waals surface area contributed by atoms with Gasteiger partial charge in [0, 0.05) is 76.4 Å². The Balaban J connectivity index is 1.41. The molecule has 2 aromatic rings. The van der Waals surface area contributed by atoms with Gasteiger partial charge in [-0.1, -0.05) is 0 Å². The number of thiocarbonyl (C=S) groups is 1. The largest absolute Gasteiger partial charge is 0.358 e. The van der Waals surface area contributed by atoms with E-state index in [0.29, 0.717) is 0 Å². The predicted octanol–water partition coefficient (Wildman–Crippen LogP) is 0.829. The van der Waals surface area contributed by atoms with Gasteiger partial charge in [0.25, 0.3) is 0 Å². The molecule has 1 N–H and O–H groups in total. The Bertz CT molecular complexity index is 670. The summed E-state index contributed by atoms with van der Waals surface area (Å²) >= 11 is 5.54. The van der Waals surface area contributed by atoms with E-state index >= 15 is 0 Å². The van der Waals surface area contributed by atoms with E-state index in [4.69, 9.17) is 12.2 Å². The predicted molar refractivity (Wildman–Crippen MR) is 97.4 cm³/mol. The lowest BCUT2D eigenvalue weighted by Gasteiger charge is -2.36. The third kappa shape index (κ3) is 4.33. The fourth-order valence-corrected chi connectivity index (χ4v) is 3.14. The summed E-state index contributed by atoms with van der Waals surface area (Å²) in [5.41, 5.74) is 2.43. The summed E-state index contributed by atoms with van der Waals surface area (Å²) in [6, 6.07) is 0. The number of aryl methyl sites for hydroxylation is 2. The van der Waals surface area contributed by atoms with E-state index < -0.39 is 0 Å². The monoisotopic (exact) mass is 347 g/mol. The molecule has 3 heterocycles. The lowest BCUT2D eigenvalue weighted by atomic mass is 10.2. The molecule has 1 aliphatic heterocycles. The summed E-state index contributed by atoms with van der Waals surface area (Å²) in [4.78, 5) is 4.70. The molecule has 1 saturated heterocycles. The third-order valence-electron chi connectivity index (χ3n) is 4.28. The van der Waals surface area contributed by atoms with Crippen LogP contribution in [0.1, 0.15) is 18.1 Å². The van der Waals surface area contributed by atoms with Gasteiger partial charge >= 0.3 is 0 Å². The van der Waals surface area contributed by atoms with Gasteiger partial charge in [0.15, 0.2) is 5.11 Å². The van der Waals surface area contributed by atoms with Crippen LogP contribution in [0.4, 0.5) is 0 Å². The Labute approximate surface area is 148 Å². The molecular formula is C16H25N7S. The molecule has 1 aliphatic rings. The number of nitrogens with zero attached hydrogens (tertiary/aromatic N) is 6. The first kappa shape index (κ1) is 16.9. The van der Waals surface area contributed by atoms with Gasteiger partial charge in [-0.25, -0.2) is 0 Å². The van der Waals surface area contributed by atoms with Crippen molar-refractivity contribution in [1.29, 1.82) is 0 Å². The van der Waals surface area contributed by atoms with Crippen LogP contribution in [0, 0.1) is 0 Å². The zero-order valence-corrected chi connectivity index (χ0v) is 15.2. The second-order valence-electron chi connectivity index (χ2n) is 6.15. The highest BCUT2D eigenvalue weighted by Gasteiger charge is 2.19. The first-order valence-electron chi connectivity index (χ1n) is 8.38. The Morgan fingerprint density at radius 2 is 1.88 bits per heavy atom. The maximum atomic E-state index is 5.54. The van der Waals surface area contributed by atoms with Gasteiger partial charge in [0.1, 0.15) is 0 Å². The van der Waals surface area contributed by atoms with Crippen LogP contribution >= 0.6 is 12.2 Å². The van der Waals surface area contributed by atoms with Crippen molar-refractivity contribution in [3.63, 3.8) is 0 Å². The molecule has 0 spiro atoms. The summed E-state index contributed by atoms with van der Waals surface area (Å²) in [7, 11) is 1.95. The summed E-state index contributed by atoms with van der Waals surface area (Å²) < 4.78 is 3.78. The van der Waals surface area contributed by atoms with Crippen molar-refractivity contribution < 1.29 is 0 Å². The van der Waals surface area contributed by atoms with Crippen LogP contribution in [-0.4, -0.2) is 60.7 Å². The van der Waals surface area contributed by atoms with Crippen molar-refractivity contribution in [2.24, 2.45) is 7.05 Å². The van der Waals surface area contributed by atoms with Crippen molar-refractivity contribution in [2.45, 2.75) is 26.6 Å². The van der Waals surface area contributed by atoms with Crippen LogP contribution in [0.25, 0.3) is 0 Å². The van der Waals surface area contributed by atoms with E-state index in [0.717, 1.165) is 56.5 Å². The van der Waals surface area contributed by atoms with Gasteiger partial charge in [0.05, 0.1) is 12.4 Å². The first-order valence-corrected chi connectivity index (χ1v) is 8.79. The van der Waals surface area contributed by atoms with E-state index in [1.165, 1.54) is 5.56 Å². The first-order chi connectivity index (χ1) is 11.6. The molecular weight excluding hydrogens is 322 g/mol. The minimum atomic E-state index is 0.731. The molecule has 0 saturated carbocycles. The van der Waals surface area contributed by atoms with E-state index in [1.807, 2.05) is 28.8 Å². The van der Waals surface area contributed by atoms with Gasteiger partial charge in [-0.2, -0.15) is 10.2 Å². The smallest absolute Gasteiger partial charge is 0.169 e. The molecule has 3 rings (SSSR count). The molecule has 2 aromatic heterocycles. The third-order valence-corrected chi connectivity index (χ3v) is 4.68. The molecule has 1 fully saturated rings. The Hall–Kier alpha value is -1.93. The van der Waals surface area contributed by atoms with E-state index in [-0.39, 0.29) is 0 Å². The number of hydrogen-bond donors (Lipinski definition) is 1. The van der Waals surface area contributed by atoms with Gasteiger partial charge in [-0.15, -0.1) is 0 Å². The fourth-order valence-electron chi connectivity index (χ4n) is 2.88. The highest BCUT2D eigenvalue weighted by atomic mass is 32.1. The maximum Gasteiger partial charge on any atom is 0.169 e. The number of piperazine rings is 1. The molecule has 7 nitrogen and oxygen atoms in total. The molecule has 0 aliphatic carbocycles. The molecule has 130 valence electrons. The van der Waals surface area contributed by atoms with Crippen molar-refractivity contribution in [3.05, 3.63) is 35.9 Å². The summed E-state index contributed by atoms with van der Waals surface area (Å²) in [5, 5.41) is 12.7. The van der Waals surface area contributed by atoms with Gasteiger partial charge in [0.2, 0.25) is 0 Å². The average molecular weight is 347 g/mol. The highest BCUT2D eigenvalue weighted by Crippen LogP contribution is 2.08. The molecule has 8 heteroatoms. The second-order valence-corrected chi connectivity index (χ2v) is 6.54. The minimum absolute atomic E-state index is 0.731. The summed E-state index contributed by atoms with van der Waals surface area (Å²) in [6.45, 7) is 8.62. The quantitative estimate of drug-likeness (QED) is 0.809. The van der Waals surface area contributed by atoms with Crippen LogP contribution < -0.4 is 5.32 Å². The minimum Gasteiger partial charge on any atom is -0.358 e. The van der Waals surface area contributed by atoms with E-state index in [1.54, 1.807) is 0 Å². The van der Waals surface area contributed by atoms with E-state index in [9.17, 15) is 0 Å². The zero-order valence-electron chi connectivity index (χ0n) is 14.4. The van der Waals surface area contributed by atoms with Crippen molar-refractivity contribution in [2.75, 3.05) is 26.2 Å². The van der Waals surface area contributed by atoms with Crippen LogP contribution in [0.15, 0.2) is 24.8 Å². The SMILES string of the molecule is CCn1cc(CNC(=S)N2CCN(Cc3cnn(C)c3)CC2)cn1. The van der Waals surface area contributed by atoms with Crippen molar-refractivity contribution >= 4 is 17.3 Å². The molecule has 0 radical (unpaired) electrons. The van der Waals surface area contributed by atoms with Crippen LogP contribution in [0.2, 0.25) is 0 Å². The lowest BCUT2D eigenvalue weighted by Crippen LogP contribution is -2.51. The molecule has 0 bridgehead atoms. The normalized spacial score (nSPS) is 15.7. The summed E-state index contributed by atoms with van der Waals surface area (Å²) in [5.74, 6) is 0. The number of rotatable bonds is 5. The standard InChI is InChI=1S/C16H25N7S/c1-3-23-13-14(9-19-23)8-17-16(24)22-6-4-21(5-7-22)12-15-10-18-20(2)11-15/h9-11,13H,3-8,12H2,1-2H3,(H,17,24). The average Bonchev–Trinajstić information content (AvgIpc) is 3.22. The molecule has 0 amide bonds.